The second kappa shape index (κ2) is 16.2. The highest BCUT2D eigenvalue weighted by Gasteiger charge is 2.55. The number of alkyl halides is 3. The molecule has 2 fully saturated rings. The largest absolute Gasteiger partial charge is 0.487 e. The molecule has 0 N–H and O–H groups in total. The lowest BCUT2D eigenvalue weighted by atomic mass is 10.0. The minimum Gasteiger partial charge on any atom is -0.487 e. The first-order valence-electron chi connectivity index (χ1n) is 18.1. The third-order valence-corrected chi connectivity index (χ3v) is 13.4. The van der Waals surface area contributed by atoms with Gasteiger partial charge in [-0.15, -0.1) is 10.3 Å². The van der Waals surface area contributed by atoms with Crippen LogP contribution in [0, 0.1) is 5.41 Å². The standard InChI is InChI=1S/C40H53F3N4O7S/c1-37(2,3)54-36(49)46(22-31-32(15-16-33(45-31)50-7)51-23-27-13-11-10-12-14-27)21-29-19-28(20-30(44-29)24-53-55(8,9)38(4,5)6)34-47(35(48)40(41,42)43)25-39(17-18-39)26-52-34/h10-16,19-20,34H,17-18,21-26H2,1-9H3. The van der Waals surface area contributed by atoms with Crippen LogP contribution in [-0.4, -0.2) is 81.1 Å². The summed E-state index contributed by atoms with van der Waals surface area (Å²) >= 11 is 0. The van der Waals surface area contributed by atoms with E-state index in [0.717, 1.165) is 10.5 Å². The molecule has 2 amide bonds. The summed E-state index contributed by atoms with van der Waals surface area (Å²) in [5.74, 6) is -1.26. The third-order valence-electron chi connectivity index (χ3n) is 9.71. The van der Waals surface area contributed by atoms with Gasteiger partial charge in [-0.2, -0.15) is 13.2 Å². The van der Waals surface area contributed by atoms with Crippen molar-refractivity contribution in [3.8, 4) is 11.6 Å². The highest BCUT2D eigenvalue weighted by molar-refractivity contribution is 8.29. The number of benzene rings is 1. The van der Waals surface area contributed by atoms with Gasteiger partial charge in [-0.1, -0.05) is 51.1 Å². The second-order valence-corrected chi connectivity index (χ2v) is 20.4. The van der Waals surface area contributed by atoms with Crippen LogP contribution >= 0.6 is 10.3 Å². The van der Waals surface area contributed by atoms with Crippen molar-refractivity contribution in [2.75, 3.05) is 32.8 Å². The number of carbonyl (C=O) groups is 2. The van der Waals surface area contributed by atoms with E-state index in [1.54, 1.807) is 45.0 Å². The first-order valence-corrected chi connectivity index (χ1v) is 20.5. The molecular weight excluding hydrogens is 738 g/mol. The molecule has 1 atom stereocenters. The number of rotatable bonds is 12. The number of methoxy groups -OCH3 is 1. The monoisotopic (exact) mass is 790 g/mol. The Kier molecular flexibility index (Phi) is 12.4. The van der Waals surface area contributed by atoms with E-state index >= 15 is 0 Å². The minimum absolute atomic E-state index is 0.0334. The van der Waals surface area contributed by atoms with E-state index in [0.29, 0.717) is 41.6 Å². The summed E-state index contributed by atoms with van der Waals surface area (Å²) in [6.07, 6.45) is -1.72. The SMILES string of the molecule is COc1ccc(OCc2ccccc2)c(CN(Cc2cc(C3OCC4(CC4)CN3C(=O)C(F)(F)F)cc(COS(C)(C)C(C)(C)C)n2)C(=O)OC(C)(C)C)n1. The zero-order valence-corrected chi connectivity index (χ0v) is 33.9. The van der Waals surface area contributed by atoms with Crippen molar-refractivity contribution < 1.29 is 45.9 Å². The average Bonchev–Trinajstić information content (AvgIpc) is 3.86. The molecule has 2 aromatic heterocycles. The van der Waals surface area contributed by atoms with Gasteiger partial charge >= 0.3 is 18.2 Å². The minimum atomic E-state index is -5.10. The first-order chi connectivity index (χ1) is 25.6. The number of pyridine rings is 2. The zero-order chi connectivity index (χ0) is 40.4. The quantitative estimate of drug-likeness (QED) is 0.178. The summed E-state index contributed by atoms with van der Waals surface area (Å²) in [4.78, 5) is 38.4. The van der Waals surface area contributed by atoms with Crippen molar-refractivity contribution in [1.29, 1.82) is 0 Å². The zero-order valence-electron chi connectivity index (χ0n) is 33.1. The fourth-order valence-electron chi connectivity index (χ4n) is 5.74. The predicted octanol–water partition coefficient (Wildman–Crippen LogP) is 8.50. The number of halogens is 3. The van der Waals surface area contributed by atoms with Crippen LogP contribution in [0.4, 0.5) is 18.0 Å². The summed E-state index contributed by atoms with van der Waals surface area (Å²) in [6.45, 7) is 11.6. The molecule has 0 bridgehead atoms. The summed E-state index contributed by atoms with van der Waals surface area (Å²) in [6, 6.07) is 16.1. The second-order valence-electron chi connectivity index (χ2n) is 16.5. The van der Waals surface area contributed by atoms with Crippen LogP contribution in [0.3, 0.4) is 0 Å². The molecule has 0 radical (unpaired) electrons. The van der Waals surface area contributed by atoms with Gasteiger partial charge in [0.25, 0.3) is 0 Å². The van der Waals surface area contributed by atoms with Crippen molar-refractivity contribution in [1.82, 2.24) is 19.8 Å². The summed E-state index contributed by atoms with van der Waals surface area (Å²) in [7, 11) is -0.154. The van der Waals surface area contributed by atoms with Crippen LogP contribution in [-0.2, 0) is 44.8 Å². The van der Waals surface area contributed by atoms with Crippen LogP contribution in [0.1, 0.15) is 88.8 Å². The Labute approximate surface area is 323 Å². The number of carbonyl (C=O) groups excluding carboxylic acids is 2. The van der Waals surface area contributed by atoms with Gasteiger partial charge in [0.05, 0.1) is 38.2 Å². The highest BCUT2D eigenvalue weighted by atomic mass is 32.3. The topological polar surface area (TPSA) is 113 Å². The van der Waals surface area contributed by atoms with E-state index in [1.807, 2.05) is 42.8 Å². The molecule has 1 saturated carbocycles. The van der Waals surface area contributed by atoms with Gasteiger partial charge in [-0.25, -0.2) is 9.78 Å². The van der Waals surface area contributed by atoms with Crippen LogP contribution in [0.2, 0.25) is 0 Å². The molecule has 2 aliphatic rings. The normalized spacial score (nSPS) is 17.5. The van der Waals surface area contributed by atoms with Crippen molar-refractivity contribution >= 4 is 22.3 Å². The highest BCUT2D eigenvalue weighted by Crippen LogP contribution is 2.54. The molecule has 55 heavy (non-hydrogen) atoms. The Bertz CT molecular complexity index is 1830. The molecular formula is C40H53F3N4O7S. The van der Waals surface area contributed by atoms with Gasteiger partial charge in [0, 0.05) is 28.3 Å². The molecule has 1 aliphatic heterocycles. The molecule has 15 heteroatoms. The predicted molar refractivity (Wildman–Crippen MR) is 203 cm³/mol. The molecule has 3 heterocycles. The van der Waals surface area contributed by atoms with Crippen molar-refractivity contribution in [2.45, 2.75) is 103 Å². The summed E-state index contributed by atoms with van der Waals surface area (Å²) in [5.41, 5.74) is 0.955. The van der Waals surface area contributed by atoms with Gasteiger partial charge in [-0.3, -0.25) is 14.7 Å². The molecule has 1 aromatic carbocycles. The number of ether oxygens (including phenoxy) is 4. The lowest BCUT2D eigenvalue weighted by Gasteiger charge is -2.43. The number of amides is 2. The van der Waals surface area contributed by atoms with E-state index in [9.17, 15) is 22.8 Å². The Balaban J connectivity index is 1.54. The van der Waals surface area contributed by atoms with Crippen molar-refractivity contribution in [3.63, 3.8) is 0 Å². The van der Waals surface area contributed by atoms with E-state index in [1.165, 1.54) is 12.0 Å². The van der Waals surface area contributed by atoms with Gasteiger partial charge in [0.2, 0.25) is 5.88 Å². The van der Waals surface area contributed by atoms with E-state index in [-0.39, 0.29) is 49.8 Å². The lowest BCUT2D eigenvalue weighted by molar-refractivity contribution is -0.210. The molecule has 11 nitrogen and oxygen atoms in total. The summed E-state index contributed by atoms with van der Waals surface area (Å²) in [5, 5.41) is 0. The van der Waals surface area contributed by atoms with Crippen molar-refractivity contribution in [3.05, 3.63) is 82.8 Å². The maximum atomic E-state index is 14.0. The van der Waals surface area contributed by atoms with Crippen molar-refractivity contribution in [2.24, 2.45) is 5.41 Å². The molecule has 5 rings (SSSR count). The Morgan fingerprint density at radius 1 is 0.945 bits per heavy atom. The molecule has 1 unspecified atom stereocenters. The Hall–Kier alpha value is -4.08. The number of hydrogen-bond donors (Lipinski definition) is 0. The number of aromatic nitrogens is 2. The average molecular weight is 791 g/mol. The van der Waals surface area contributed by atoms with Gasteiger partial charge < -0.3 is 28.0 Å². The van der Waals surface area contributed by atoms with Crippen LogP contribution in [0.15, 0.2) is 54.6 Å². The first kappa shape index (κ1) is 42.1. The van der Waals surface area contributed by atoms with Gasteiger partial charge in [-0.05, 0) is 69.9 Å². The molecule has 1 saturated heterocycles. The Morgan fingerprint density at radius 2 is 1.62 bits per heavy atom. The number of nitrogens with zero attached hydrogens (tertiary/aromatic N) is 4. The van der Waals surface area contributed by atoms with Gasteiger partial charge in [0.1, 0.15) is 30.3 Å². The van der Waals surface area contributed by atoms with Crippen LogP contribution in [0.5, 0.6) is 11.6 Å². The summed E-state index contributed by atoms with van der Waals surface area (Å²) < 4.78 is 71.8. The smallest absolute Gasteiger partial charge is 0.471 e. The number of hydrogen-bond acceptors (Lipinski definition) is 9. The van der Waals surface area contributed by atoms with Crippen LogP contribution in [0.25, 0.3) is 0 Å². The molecule has 3 aromatic rings. The fraction of sp³-hybridized carbons (Fsp3) is 0.550. The maximum absolute atomic E-state index is 14.0. The third kappa shape index (κ3) is 11.0. The lowest BCUT2D eigenvalue weighted by Crippen LogP contribution is -2.51. The molecule has 1 aliphatic carbocycles. The van der Waals surface area contributed by atoms with Gasteiger partial charge in [0.15, 0.2) is 6.23 Å². The van der Waals surface area contributed by atoms with E-state index in [2.05, 4.69) is 25.8 Å². The van der Waals surface area contributed by atoms with E-state index in [4.69, 9.17) is 28.1 Å². The maximum Gasteiger partial charge on any atom is 0.471 e. The molecule has 1 spiro atoms. The molecule has 302 valence electrons. The Morgan fingerprint density at radius 3 is 2.22 bits per heavy atom. The van der Waals surface area contributed by atoms with E-state index < -0.39 is 45.7 Å². The van der Waals surface area contributed by atoms with Crippen LogP contribution < -0.4 is 9.47 Å². The fourth-order valence-corrected chi connectivity index (χ4v) is 6.51.